The van der Waals surface area contributed by atoms with Gasteiger partial charge in [0.2, 0.25) is 0 Å². The van der Waals surface area contributed by atoms with Crippen LogP contribution in [-0.4, -0.2) is 67.7 Å². The van der Waals surface area contributed by atoms with E-state index in [2.05, 4.69) is 23.8 Å². The number of likely N-dealkylation sites (N-methyl/N-ethyl adjacent to an activating group) is 1. The molecule has 0 aliphatic carbocycles. The van der Waals surface area contributed by atoms with Crippen molar-refractivity contribution in [3.05, 3.63) is 0 Å². The van der Waals surface area contributed by atoms with Crippen molar-refractivity contribution < 1.29 is 9.53 Å². The molecule has 0 amide bonds. The second-order valence-electron chi connectivity index (χ2n) is 5.50. The van der Waals surface area contributed by atoms with Crippen molar-refractivity contribution in [1.29, 1.82) is 0 Å². The van der Waals surface area contributed by atoms with Crippen LogP contribution in [0.5, 0.6) is 0 Å². The molecule has 0 aromatic heterocycles. The van der Waals surface area contributed by atoms with E-state index >= 15 is 0 Å². The van der Waals surface area contributed by atoms with Gasteiger partial charge in [0, 0.05) is 32.2 Å². The number of piperazine rings is 1. The molecule has 0 bridgehead atoms. The van der Waals surface area contributed by atoms with E-state index < -0.39 is 5.54 Å². The van der Waals surface area contributed by atoms with E-state index in [1.807, 2.05) is 0 Å². The minimum atomic E-state index is -0.875. The van der Waals surface area contributed by atoms with Crippen LogP contribution in [0.2, 0.25) is 0 Å². The Balaban J connectivity index is 2.42. The van der Waals surface area contributed by atoms with Crippen LogP contribution in [0.4, 0.5) is 0 Å². The summed E-state index contributed by atoms with van der Waals surface area (Å²) in [6.45, 7) is 8.00. The number of carbonyl (C=O) groups excluding carboxylic acids is 1. The monoisotopic (exact) mass is 257 g/mol. The molecule has 0 radical (unpaired) electrons. The first-order chi connectivity index (χ1) is 8.40. The summed E-state index contributed by atoms with van der Waals surface area (Å²) in [5.41, 5.74) is 5.10. The predicted molar refractivity (Wildman–Crippen MR) is 72.4 cm³/mol. The number of nitrogens with two attached hydrogens (primary N) is 1. The van der Waals surface area contributed by atoms with Gasteiger partial charge in [0.25, 0.3) is 0 Å². The molecule has 5 nitrogen and oxygen atoms in total. The van der Waals surface area contributed by atoms with Crippen molar-refractivity contribution in [3.8, 4) is 0 Å². The van der Waals surface area contributed by atoms with Crippen LogP contribution in [0.25, 0.3) is 0 Å². The Kier molecular flexibility index (Phi) is 5.56. The zero-order chi connectivity index (χ0) is 13.8. The van der Waals surface area contributed by atoms with Gasteiger partial charge in [0.1, 0.15) is 5.54 Å². The van der Waals surface area contributed by atoms with Gasteiger partial charge in [0.05, 0.1) is 7.11 Å². The van der Waals surface area contributed by atoms with Gasteiger partial charge in [-0.3, -0.25) is 4.79 Å². The fraction of sp³-hybridized carbons (Fsp3) is 0.923. The molecule has 1 aliphatic heterocycles. The van der Waals surface area contributed by atoms with E-state index in [-0.39, 0.29) is 5.97 Å². The van der Waals surface area contributed by atoms with E-state index in [1.165, 1.54) is 7.11 Å². The number of nitrogens with zero attached hydrogens (tertiary/aromatic N) is 2. The molecule has 1 fully saturated rings. The van der Waals surface area contributed by atoms with Gasteiger partial charge in [0.15, 0.2) is 0 Å². The molecule has 0 aromatic rings. The molecule has 2 N–H and O–H groups in total. The highest BCUT2D eigenvalue weighted by molar-refractivity contribution is 5.79. The van der Waals surface area contributed by atoms with Crippen molar-refractivity contribution in [3.63, 3.8) is 0 Å². The fourth-order valence-electron chi connectivity index (χ4n) is 2.38. The van der Waals surface area contributed by atoms with Gasteiger partial charge in [-0.15, -0.1) is 0 Å². The lowest BCUT2D eigenvalue weighted by molar-refractivity contribution is -0.146. The smallest absolute Gasteiger partial charge is 0.325 e. The van der Waals surface area contributed by atoms with Crippen LogP contribution in [0.3, 0.4) is 0 Å². The third-order valence-electron chi connectivity index (χ3n) is 3.93. The summed E-state index contributed by atoms with van der Waals surface area (Å²) in [6, 6.07) is 0.612. The van der Waals surface area contributed by atoms with Crippen LogP contribution in [-0.2, 0) is 9.53 Å². The van der Waals surface area contributed by atoms with E-state index in [9.17, 15) is 4.79 Å². The van der Waals surface area contributed by atoms with Gasteiger partial charge in [-0.25, -0.2) is 0 Å². The molecule has 2 unspecified atom stereocenters. The maximum atomic E-state index is 11.5. The molecule has 106 valence electrons. The minimum absolute atomic E-state index is 0.330. The van der Waals surface area contributed by atoms with E-state index in [0.717, 1.165) is 32.6 Å². The van der Waals surface area contributed by atoms with E-state index in [1.54, 1.807) is 6.92 Å². The second-order valence-corrected chi connectivity index (χ2v) is 5.50. The average molecular weight is 257 g/mol. The van der Waals surface area contributed by atoms with E-state index in [0.29, 0.717) is 12.5 Å². The zero-order valence-electron chi connectivity index (χ0n) is 12.1. The third-order valence-corrected chi connectivity index (χ3v) is 3.93. The highest BCUT2D eigenvalue weighted by Crippen LogP contribution is 2.14. The molecule has 5 heteroatoms. The topological polar surface area (TPSA) is 58.8 Å². The number of ether oxygens (including phenoxy) is 1. The van der Waals surface area contributed by atoms with Gasteiger partial charge in [-0.2, -0.15) is 0 Å². The molecule has 1 saturated heterocycles. The highest BCUT2D eigenvalue weighted by atomic mass is 16.5. The molecule has 18 heavy (non-hydrogen) atoms. The van der Waals surface area contributed by atoms with Crippen LogP contribution in [0.15, 0.2) is 0 Å². The molecule has 1 heterocycles. The first kappa shape index (κ1) is 15.4. The Morgan fingerprint density at radius 3 is 2.72 bits per heavy atom. The Bertz CT molecular complexity index is 281. The van der Waals surface area contributed by atoms with Crippen molar-refractivity contribution in [2.24, 2.45) is 5.73 Å². The Morgan fingerprint density at radius 2 is 2.17 bits per heavy atom. The standard InChI is InChI=1S/C13H27N3O2/c1-5-11-10-16(9-8-15(11)3)7-6-13(2,14)12(17)18-4/h11H,5-10,14H2,1-4H3. The van der Waals surface area contributed by atoms with Gasteiger partial charge >= 0.3 is 5.97 Å². The average Bonchev–Trinajstić information content (AvgIpc) is 2.36. The molecular weight excluding hydrogens is 230 g/mol. The number of hydrogen-bond acceptors (Lipinski definition) is 5. The summed E-state index contributed by atoms with van der Waals surface area (Å²) in [5, 5.41) is 0. The quantitative estimate of drug-likeness (QED) is 0.718. The normalized spacial score (nSPS) is 25.7. The molecule has 2 atom stereocenters. The molecule has 1 rings (SSSR count). The van der Waals surface area contributed by atoms with Crippen molar-refractivity contribution in [1.82, 2.24) is 9.80 Å². The summed E-state index contributed by atoms with van der Waals surface area (Å²) in [7, 11) is 3.56. The van der Waals surface area contributed by atoms with Crippen LogP contribution in [0, 0.1) is 0 Å². The maximum Gasteiger partial charge on any atom is 0.325 e. The van der Waals surface area contributed by atoms with Gasteiger partial charge in [-0.05, 0) is 26.8 Å². The molecule has 1 aliphatic rings. The number of esters is 1. The summed E-state index contributed by atoms with van der Waals surface area (Å²) < 4.78 is 4.72. The molecule has 0 spiro atoms. The summed E-state index contributed by atoms with van der Waals surface area (Å²) >= 11 is 0. The number of carbonyl (C=O) groups is 1. The Morgan fingerprint density at radius 1 is 1.50 bits per heavy atom. The van der Waals surface area contributed by atoms with Crippen molar-refractivity contribution >= 4 is 5.97 Å². The van der Waals surface area contributed by atoms with E-state index in [4.69, 9.17) is 10.5 Å². The maximum absolute atomic E-state index is 11.5. The van der Waals surface area contributed by atoms with Gasteiger partial charge < -0.3 is 20.3 Å². The lowest BCUT2D eigenvalue weighted by atomic mass is 9.98. The fourth-order valence-corrected chi connectivity index (χ4v) is 2.38. The summed E-state index contributed by atoms with van der Waals surface area (Å²) in [4.78, 5) is 16.3. The van der Waals surface area contributed by atoms with Crippen LogP contribution in [0.1, 0.15) is 26.7 Å². The molecule has 0 saturated carbocycles. The summed E-state index contributed by atoms with van der Waals surface area (Å²) in [6.07, 6.45) is 1.80. The third kappa shape index (κ3) is 3.93. The largest absolute Gasteiger partial charge is 0.468 e. The summed E-state index contributed by atoms with van der Waals surface area (Å²) in [5.74, 6) is -0.330. The van der Waals surface area contributed by atoms with Crippen LogP contribution >= 0.6 is 0 Å². The molecule has 0 aromatic carbocycles. The van der Waals surface area contributed by atoms with Crippen molar-refractivity contribution in [2.75, 3.05) is 40.3 Å². The minimum Gasteiger partial charge on any atom is -0.468 e. The van der Waals surface area contributed by atoms with Gasteiger partial charge in [-0.1, -0.05) is 6.92 Å². The Labute approximate surface area is 110 Å². The van der Waals surface area contributed by atoms with Crippen LogP contribution < -0.4 is 5.73 Å². The SMILES string of the molecule is CCC1CN(CCC(C)(N)C(=O)OC)CCN1C. The number of rotatable bonds is 5. The Hall–Kier alpha value is -0.650. The van der Waals surface area contributed by atoms with Crippen molar-refractivity contribution in [2.45, 2.75) is 38.3 Å². The lowest BCUT2D eigenvalue weighted by Crippen LogP contribution is -2.53. The first-order valence-electron chi connectivity index (χ1n) is 6.70. The lowest BCUT2D eigenvalue weighted by Gasteiger charge is -2.40. The zero-order valence-corrected chi connectivity index (χ0v) is 12.1. The number of hydrogen-bond donors (Lipinski definition) is 1. The predicted octanol–water partition coefficient (Wildman–Crippen LogP) is 0.293. The second kappa shape index (κ2) is 6.50. The first-order valence-corrected chi connectivity index (χ1v) is 6.70. The highest BCUT2D eigenvalue weighted by Gasteiger charge is 2.31. The molecular formula is C13H27N3O2. The number of methoxy groups -OCH3 is 1.